The highest BCUT2D eigenvalue weighted by atomic mass is 32.1. The number of carboxylic acid groups (broad SMARTS) is 1. The van der Waals surface area contributed by atoms with E-state index < -0.39 is 5.97 Å². The second-order valence-corrected chi connectivity index (χ2v) is 8.06. The monoisotopic (exact) mass is 395 g/mol. The Labute approximate surface area is 172 Å². The highest BCUT2D eigenvalue weighted by Gasteiger charge is 2.17. The minimum absolute atomic E-state index is 0.526. The average molecular weight is 396 g/mol. The Hall–Kier alpha value is -2.17. The van der Waals surface area contributed by atoms with Crippen molar-refractivity contribution in [1.29, 1.82) is 0 Å². The molecule has 1 N–H and O–H groups in total. The zero-order valence-electron chi connectivity index (χ0n) is 16.8. The van der Waals surface area contributed by atoms with Gasteiger partial charge in [-0.25, -0.2) is 4.79 Å². The Bertz CT molecular complexity index is 878. The van der Waals surface area contributed by atoms with Gasteiger partial charge in [-0.05, 0) is 59.4 Å². The van der Waals surface area contributed by atoms with E-state index >= 15 is 0 Å². The summed E-state index contributed by atoms with van der Waals surface area (Å²) in [6, 6.07) is 10.9. The zero-order valence-corrected chi connectivity index (χ0v) is 17.6. The van der Waals surface area contributed by atoms with Crippen molar-refractivity contribution in [2.45, 2.75) is 39.5 Å². The van der Waals surface area contributed by atoms with Crippen molar-refractivity contribution >= 4 is 22.9 Å². The summed E-state index contributed by atoms with van der Waals surface area (Å²) in [5, 5.41) is 11.4. The van der Waals surface area contributed by atoms with Crippen LogP contribution in [0, 0.1) is 0 Å². The lowest BCUT2D eigenvalue weighted by molar-refractivity contribution is -0.133. The molecule has 0 saturated carbocycles. The number of aryl methyl sites for hydroxylation is 2. The van der Waals surface area contributed by atoms with E-state index in [1.54, 1.807) is 0 Å². The van der Waals surface area contributed by atoms with Crippen molar-refractivity contribution < 1.29 is 9.90 Å². The molecule has 0 radical (unpaired) electrons. The van der Waals surface area contributed by atoms with E-state index in [0.29, 0.717) is 12.1 Å². The number of rotatable bonds is 8. The van der Waals surface area contributed by atoms with Crippen LogP contribution in [0.2, 0.25) is 0 Å². The number of benzene rings is 1. The van der Waals surface area contributed by atoms with Gasteiger partial charge in [0, 0.05) is 30.1 Å². The van der Waals surface area contributed by atoms with Gasteiger partial charge >= 0.3 is 5.97 Å². The molecule has 0 atom stereocenters. The molecule has 1 aromatic heterocycles. The van der Waals surface area contributed by atoms with Crippen LogP contribution >= 0.6 is 11.3 Å². The van der Waals surface area contributed by atoms with Gasteiger partial charge in [-0.15, -0.1) is 11.3 Å². The Balaban J connectivity index is 1.83. The fourth-order valence-electron chi connectivity index (χ4n) is 3.81. The summed E-state index contributed by atoms with van der Waals surface area (Å²) in [7, 11) is 0. The number of nitrogens with zero attached hydrogens (tertiary/aromatic N) is 1. The van der Waals surface area contributed by atoms with Gasteiger partial charge in [-0.3, -0.25) is 4.90 Å². The molecule has 3 nitrogen and oxygen atoms in total. The summed E-state index contributed by atoms with van der Waals surface area (Å²) in [5.74, 6) is -0.788. The first kappa shape index (κ1) is 20.6. The first-order chi connectivity index (χ1) is 13.6. The summed E-state index contributed by atoms with van der Waals surface area (Å²) < 4.78 is 0. The van der Waals surface area contributed by atoms with E-state index in [4.69, 9.17) is 0 Å². The molecule has 1 aliphatic heterocycles. The fraction of sp³-hybridized carbons (Fsp3) is 0.375. The molecule has 4 heteroatoms. The van der Waals surface area contributed by atoms with Gasteiger partial charge in [0.1, 0.15) is 0 Å². The van der Waals surface area contributed by atoms with E-state index in [2.05, 4.69) is 60.5 Å². The van der Waals surface area contributed by atoms with Crippen LogP contribution < -0.4 is 0 Å². The molecule has 0 amide bonds. The van der Waals surface area contributed by atoms with E-state index in [-0.39, 0.29) is 0 Å². The van der Waals surface area contributed by atoms with Crippen molar-refractivity contribution in [1.82, 2.24) is 4.90 Å². The standard InChI is InChI=1S/C24H29NO2S/c1-3-18-9-5-6-11-21(18)22(23-19(4-2)13-16-28-23)12-8-15-25-14-7-10-20(17-25)24(26)27/h5-6,9-13,16H,3-4,7-8,14-15,17H2,1-2H3,(H,26,27). The highest BCUT2D eigenvalue weighted by Crippen LogP contribution is 2.33. The van der Waals surface area contributed by atoms with Gasteiger partial charge in [0.2, 0.25) is 0 Å². The topological polar surface area (TPSA) is 40.5 Å². The zero-order chi connectivity index (χ0) is 19.9. The highest BCUT2D eigenvalue weighted by molar-refractivity contribution is 7.11. The lowest BCUT2D eigenvalue weighted by Gasteiger charge is -2.25. The van der Waals surface area contributed by atoms with Gasteiger partial charge in [0.15, 0.2) is 0 Å². The van der Waals surface area contributed by atoms with E-state index in [9.17, 15) is 9.90 Å². The average Bonchev–Trinajstić information content (AvgIpc) is 3.20. The minimum Gasteiger partial charge on any atom is -0.478 e. The van der Waals surface area contributed by atoms with E-state index in [1.165, 1.54) is 27.1 Å². The second kappa shape index (κ2) is 9.85. The maximum Gasteiger partial charge on any atom is 0.332 e. The van der Waals surface area contributed by atoms with Crippen LogP contribution in [0.1, 0.15) is 48.3 Å². The number of hydrogen-bond acceptors (Lipinski definition) is 3. The van der Waals surface area contributed by atoms with Crippen LogP contribution in [0.4, 0.5) is 0 Å². The molecule has 0 unspecified atom stereocenters. The Morgan fingerprint density at radius 3 is 2.71 bits per heavy atom. The predicted molar refractivity (Wildman–Crippen MR) is 118 cm³/mol. The third-order valence-corrected chi connectivity index (χ3v) is 6.35. The van der Waals surface area contributed by atoms with E-state index in [0.717, 1.165) is 38.8 Å². The number of aliphatic carboxylic acids is 1. The molecule has 0 fully saturated rings. The van der Waals surface area contributed by atoms with Gasteiger partial charge in [0.05, 0.1) is 0 Å². The van der Waals surface area contributed by atoms with Crippen LogP contribution in [-0.4, -0.2) is 35.6 Å². The maximum atomic E-state index is 11.3. The molecule has 2 heterocycles. The molecule has 2 aromatic rings. The molecule has 0 bridgehead atoms. The minimum atomic E-state index is -0.788. The van der Waals surface area contributed by atoms with Gasteiger partial charge < -0.3 is 5.11 Å². The van der Waals surface area contributed by atoms with Crippen molar-refractivity contribution in [2.75, 3.05) is 19.6 Å². The molecule has 0 spiro atoms. The maximum absolute atomic E-state index is 11.3. The summed E-state index contributed by atoms with van der Waals surface area (Å²) in [6.45, 7) is 6.78. The summed E-state index contributed by atoms with van der Waals surface area (Å²) >= 11 is 1.82. The molecule has 28 heavy (non-hydrogen) atoms. The van der Waals surface area contributed by atoms with Crippen LogP contribution in [0.15, 0.2) is 53.4 Å². The van der Waals surface area contributed by atoms with Crippen LogP contribution in [-0.2, 0) is 17.6 Å². The molecule has 0 saturated heterocycles. The lowest BCUT2D eigenvalue weighted by Crippen LogP contribution is -2.32. The molecule has 148 valence electrons. The van der Waals surface area contributed by atoms with Crippen molar-refractivity contribution in [3.8, 4) is 0 Å². The Morgan fingerprint density at radius 2 is 1.96 bits per heavy atom. The third kappa shape index (κ3) is 4.81. The largest absolute Gasteiger partial charge is 0.478 e. The van der Waals surface area contributed by atoms with Crippen molar-refractivity contribution in [2.24, 2.45) is 0 Å². The third-order valence-electron chi connectivity index (χ3n) is 5.36. The number of hydrogen-bond donors (Lipinski definition) is 1. The van der Waals surface area contributed by atoms with E-state index in [1.807, 2.05) is 17.4 Å². The number of carboxylic acids is 1. The second-order valence-electron chi connectivity index (χ2n) is 7.15. The van der Waals surface area contributed by atoms with Gasteiger partial charge in [-0.1, -0.05) is 50.3 Å². The molecular formula is C24H29NO2S. The lowest BCUT2D eigenvalue weighted by atomic mass is 9.94. The normalized spacial score (nSPS) is 15.5. The SMILES string of the molecule is CCc1ccccc1C(=CCCN1CCC=C(C(=O)O)C1)c1sccc1CC. The van der Waals surface area contributed by atoms with Gasteiger partial charge in [-0.2, -0.15) is 0 Å². The van der Waals surface area contributed by atoms with Crippen LogP contribution in [0.25, 0.3) is 5.57 Å². The molecule has 1 aliphatic rings. The Kier molecular flexibility index (Phi) is 7.24. The summed E-state index contributed by atoms with van der Waals surface area (Å²) in [6.07, 6.45) is 8.00. The number of carbonyl (C=O) groups is 1. The fourth-order valence-corrected chi connectivity index (χ4v) is 4.86. The van der Waals surface area contributed by atoms with Crippen molar-refractivity contribution in [3.05, 3.63) is 75.0 Å². The van der Waals surface area contributed by atoms with Crippen LogP contribution in [0.5, 0.6) is 0 Å². The summed E-state index contributed by atoms with van der Waals surface area (Å²) in [4.78, 5) is 14.9. The summed E-state index contributed by atoms with van der Waals surface area (Å²) in [5.41, 5.74) is 5.95. The first-order valence-electron chi connectivity index (χ1n) is 10.1. The first-order valence-corrected chi connectivity index (χ1v) is 11.0. The number of thiophene rings is 1. The molecular weight excluding hydrogens is 366 g/mol. The molecule has 0 aliphatic carbocycles. The van der Waals surface area contributed by atoms with Gasteiger partial charge in [0.25, 0.3) is 0 Å². The quantitative estimate of drug-likeness (QED) is 0.649. The molecule has 1 aromatic carbocycles. The molecule has 3 rings (SSSR count). The van der Waals surface area contributed by atoms with Crippen molar-refractivity contribution in [3.63, 3.8) is 0 Å². The smallest absolute Gasteiger partial charge is 0.332 e. The Morgan fingerprint density at radius 1 is 1.18 bits per heavy atom. The predicted octanol–water partition coefficient (Wildman–Crippen LogP) is 5.41. The van der Waals surface area contributed by atoms with Crippen LogP contribution in [0.3, 0.4) is 0 Å².